The van der Waals surface area contributed by atoms with Crippen LogP contribution >= 0.6 is 24.0 Å². The molecule has 0 radical (unpaired) electrons. The van der Waals surface area contributed by atoms with Gasteiger partial charge >= 0.3 is 6.18 Å². The lowest BCUT2D eigenvalue weighted by Gasteiger charge is -2.32. The summed E-state index contributed by atoms with van der Waals surface area (Å²) in [5.41, 5.74) is -0.781. The largest absolute Gasteiger partial charge is 0.491 e. The van der Waals surface area contributed by atoms with Gasteiger partial charge in [0.15, 0.2) is 5.96 Å². The van der Waals surface area contributed by atoms with Crippen LogP contribution in [0.4, 0.5) is 13.2 Å². The maximum atomic E-state index is 12.8. The lowest BCUT2D eigenvalue weighted by Crippen LogP contribution is -2.49. The van der Waals surface area contributed by atoms with Crippen LogP contribution in [-0.4, -0.2) is 67.4 Å². The van der Waals surface area contributed by atoms with Gasteiger partial charge < -0.3 is 25.4 Å². The first kappa shape index (κ1) is 27.8. The molecule has 6 nitrogen and oxygen atoms in total. The number of piperidine rings is 1. The second-order valence-corrected chi connectivity index (χ2v) is 7.47. The highest BCUT2D eigenvalue weighted by atomic mass is 127. The van der Waals surface area contributed by atoms with Crippen LogP contribution in [0.15, 0.2) is 29.3 Å². The molecule has 1 heterocycles. The number of guanidine groups is 1. The maximum absolute atomic E-state index is 12.8. The normalized spacial score (nSPS) is 17.0. The summed E-state index contributed by atoms with van der Waals surface area (Å²) >= 11 is 0. The van der Waals surface area contributed by atoms with E-state index in [0.29, 0.717) is 18.5 Å². The first-order valence-corrected chi connectivity index (χ1v) is 10.6. The predicted octanol–water partition coefficient (Wildman–Crippen LogP) is 3.49. The van der Waals surface area contributed by atoms with Crippen molar-refractivity contribution in [3.63, 3.8) is 0 Å². The Bertz CT molecular complexity index is 668. The Kier molecular flexibility index (Phi) is 12.5. The average Bonchev–Trinajstić information content (AvgIpc) is 2.72. The van der Waals surface area contributed by atoms with Crippen LogP contribution in [0.25, 0.3) is 0 Å². The number of likely N-dealkylation sites (tertiary alicyclic amines) is 1. The molecule has 1 aliphatic rings. The standard InChI is InChI=1S/C21H33F3N4O2.HI/c1-3-10-28-11-8-17(9-12-28)27-20(25-4-2)26-14-18(29)15-30-19-7-5-6-16(13-19)21(22,23)24;/h5-7,13,17-18,29H,3-4,8-12,14-15H2,1-2H3,(H2,25,26,27);1H. The first-order chi connectivity index (χ1) is 14.3. The van der Waals surface area contributed by atoms with Crippen LogP contribution in [0, 0.1) is 0 Å². The number of alkyl halides is 3. The molecule has 0 amide bonds. The fourth-order valence-corrected chi connectivity index (χ4v) is 3.33. The third-order valence-electron chi connectivity index (χ3n) is 4.88. The SMILES string of the molecule is CCCN1CCC(NC(=NCC(O)COc2cccc(C(F)(F)F)c2)NCC)CC1.I. The summed E-state index contributed by atoms with van der Waals surface area (Å²) in [6.07, 6.45) is -2.14. The van der Waals surface area contributed by atoms with Gasteiger partial charge in [-0.25, -0.2) is 0 Å². The van der Waals surface area contributed by atoms with Gasteiger partial charge in [0.1, 0.15) is 18.5 Å². The second-order valence-electron chi connectivity index (χ2n) is 7.47. The summed E-state index contributed by atoms with van der Waals surface area (Å²) in [5, 5.41) is 16.7. The van der Waals surface area contributed by atoms with Gasteiger partial charge in [-0.1, -0.05) is 13.0 Å². The molecule has 31 heavy (non-hydrogen) atoms. The van der Waals surface area contributed by atoms with Gasteiger partial charge in [-0.05, 0) is 50.9 Å². The molecular formula is C21H34F3IN4O2. The zero-order valence-electron chi connectivity index (χ0n) is 18.1. The molecule has 1 aromatic rings. The predicted molar refractivity (Wildman–Crippen MR) is 127 cm³/mol. The second kappa shape index (κ2) is 14.0. The Morgan fingerprint density at radius 1 is 1.29 bits per heavy atom. The van der Waals surface area contributed by atoms with Crippen molar-refractivity contribution in [2.24, 2.45) is 4.99 Å². The van der Waals surface area contributed by atoms with E-state index in [1.807, 2.05) is 6.92 Å². The molecule has 0 bridgehead atoms. The van der Waals surface area contributed by atoms with Crippen molar-refractivity contribution in [3.8, 4) is 5.75 Å². The number of hydrogen-bond donors (Lipinski definition) is 3. The minimum Gasteiger partial charge on any atom is -0.491 e. The van der Waals surface area contributed by atoms with Crippen molar-refractivity contribution in [3.05, 3.63) is 29.8 Å². The summed E-state index contributed by atoms with van der Waals surface area (Å²) in [6, 6.07) is 4.94. The number of nitrogens with zero attached hydrogens (tertiary/aromatic N) is 2. The van der Waals surface area contributed by atoms with Gasteiger partial charge in [0.2, 0.25) is 0 Å². The van der Waals surface area contributed by atoms with E-state index in [2.05, 4.69) is 27.4 Å². The Balaban J connectivity index is 0.00000480. The van der Waals surface area contributed by atoms with E-state index >= 15 is 0 Å². The molecule has 1 unspecified atom stereocenters. The van der Waals surface area contributed by atoms with Crippen LogP contribution in [0.5, 0.6) is 5.75 Å². The number of aliphatic hydroxyl groups is 1. The molecule has 10 heteroatoms. The molecule has 3 N–H and O–H groups in total. The quantitative estimate of drug-likeness (QED) is 0.246. The van der Waals surface area contributed by atoms with E-state index in [1.54, 1.807) is 0 Å². The summed E-state index contributed by atoms with van der Waals surface area (Å²) < 4.78 is 43.6. The van der Waals surface area contributed by atoms with Gasteiger partial charge in [-0.2, -0.15) is 13.2 Å². The smallest absolute Gasteiger partial charge is 0.416 e. The van der Waals surface area contributed by atoms with Crippen molar-refractivity contribution in [2.45, 2.75) is 51.4 Å². The first-order valence-electron chi connectivity index (χ1n) is 10.6. The third kappa shape index (κ3) is 10.3. The lowest BCUT2D eigenvalue weighted by atomic mass is 10.1. The molecule has 1 aliphatic heterocycles. The van der Waals surface area contributed by atoms with Crippen molar-refractivity contribution in [1.29, 1.82) is 0 Å². The zero-order chi connectivity index (χ0) is 22.0. The van der Waals surface area contributed by atoms with Crippen LogP contribution in [0.3, 0.4) is 0 Å². The van der Waals surface area contributed by atoms with Gasteiger partial charge in [-0.3, -0.25) is 4.99 Å². The molecule has 178 valence electrons. The third-order valence-corrected chi connectivity index (χ3v) is 4.88. The molecule has 1 aromatic carbocycles. The summed E-state index contributed by atoms with van der Waals surface area (Å²) in [7, 11) is 0. The minimum absolute atomic E-state index is 0. The van der Waals surface area contributed by atoms with Crippen molar-refractivity contribution in [2.75, 3.05) is 39.3 Å². The number of aliphatic imine (C=N–C) groups is 1. The molecule has 0 saturated carbocycles. The Hall–Kier alpha value is -1.27. The number of halogens is 4. The molecule has 1 atom stereocenters. The molecule has 1 fully saturated rings. The molecule has 0 spiro atoms. The van der Waals surface area contributed by atoms with E-state index in [4.69, 9.17) is 4.74 Å². The fourth-order valence-electron chi connectivity index (χ4n) is 3.33. The highest BCUT2D eigenvalue weighted by Gasteiger charge is 2.30. The van der Waals surface area contributed by atoms with E-state index < -0.39 is 17.8 Å². The summed E-state index contributed by atoms with van der Waals surface area (Å²) in [4.78, 5) is 6.86. The van der Waals surface area contributed by atoms with E-state index in [0.717, 1.165) is 51.0 Å². The molecule has 0 aromatic heterocycles. The topological polar surface area (TPSA) is 69.1 Å². The van der Waals surface area contributed by atoms with Crippen LogP contribution < -0.4 is 15.4 Å². The number of benzene rings is 1. The fraction of sp³-hybridized carbons (Fsp3) is 0.667. The van der Waals surface area contributed by atoms with Gasteiger partial charge in [0.05, 0.1) is 12.1 Å². The Morgan fingerprint density at radius 2 is 2.00 bits per heavy atom. The number of aliphatic hydroxyl groups excluding tert-OH is 1. The monoisotopic (exact) mass is 558 g/mol. The Morgan fingerprint density at radius 3 is 2.61 bits per heavy atom. The van der Waals surface area contributed by atoms with Crippen LogP contribution in [-0.2, 0) is 6.18 Å². The highest BCUT2D eigenvalue weighted by molar-refractivity contribution is 14.0. The van der Waals surface area contributed by atoms with Gasteiger partial charge in [-0.15, -0.1) is 24.0 Å². The van der Waals surface area contributed by atoms with Crippen LogP contribution in [0.1, 0.15) is 38.7 Å². The number of ether oxygens (including phenoxy) is 1. The number of rotatable bonds is 9. The molecular weight excluding hydrogens is 524 g/mol. The zero-order valence-corrected chi connectivity index (χ0v) is 20.5. The lowest BCUT2D eigenvalue weighted by molar-refractivity contribution is -0.137. The van der Waals surface area contributed by atoms with Crippen molar-refractivity contribution in [1.82, 2.24) is 15.5 Å². The molecule has 0 aliphatic carbocycles. The Labute approximate surface area is 199 Å². The molecule has 2 rings (SSSR count). The van der Waals surface area contributed by atoms with Gasteiger partial charge in [0.25, 0.3) is 0 Å². The summed E-state index contributed by atoms with van der Waals surface area (Å²) in [6.45, 7) is 8.02. The molecule has 1 saturated heterocycles. The highest BCUT2D eigenvalue weighted by Crippen LogP contribution is 2.31. The van der Waals surface area contributed by atoms with Crippen LogP contribution in [0.2, 0.25) is 0 Å². The van der Waals surface area contributed by atoms with E-state index in [1.165, 1.54) is 12.1 Å². The summed E-state index contributed by atoms with van der Waals surface area (Å²) in [5.74, 6) is 0.696. The number of nitrogens with one attached hydrogen (secondary N) is 2. The van der Waals surface area contributed by atoms with E-state index in [-0.39, 0.29) is 42.9 Å². The van der Waals surface area contributed by atoms with Crippen molar-refractivity contribution >= 4 is 29.9 Å². The average molecular weight is 558 g/mol. The number of hydrogen-bond acceptors (Lipinski definition) is 4. The van der Waals surface area contributed by atoms with Gasteiger partial charge in [0, 0.05) is 25.7 Å². The maximum Gasteiger partial charge on any atom is 0.416 e. The minimum atomic E-state index is -4.43. The van der Waals surface area contributed by atoms with Crippen molar-refractivity contribution < 1.29 is 23.0 Å². The van der Waals surface area contributed by atoms with E-state index in [9.17, 15) is 18.3 Å².